The molecule has 0 aliphatic heterocycles. The summed E-state index contributed by atoms with van der Waals surface area (Å²) in [6, 6.07) is 7.99. The van der Waals surface area contributed by atoms with Crippen molar-refractivity contribution in [2.75, 3.05) is 0 Å². The number of aromatic nitrogens is 3. The maximum absolute atomic E-state index is 9.34. The lowest BCUT2D eigenvalue weighted by molar-refractivity contribution is 0.962. The Morgan fingerprint density at radius 1 is 1.37 bits per heavy atom. The molecule has 0 saturated heterocycles. The van der Waals surface area contributed by atoms with E-state index in [9.17, 15) is 5.26 Å². The van der Waals surface area contributed by atoms with Gasteiger partial charge in [0.2, 0.25) is 0 Å². The van der Waals surface area contributed by atoms with Gasteiger partial charge in [0, 0.05) is 30.4 Å². The number of hydrogen-bond donors (Lipinski definition) is 0. The highest BCUT2D eigenvalue weighted by Gasteiger charge is 2.11. The molecule has 19 heavy (non-hydrogen) atoms. The molecular weight excluding hydrogens is 236 g/mol. The van der Waals surface area contributed by atoms with E-state index in [2.05, 4.69) is 28.4 Å². The smallest absolute Gasteiger partial charge is 0.198 e. The zero-order valence-electron chi connectivity index (χ0n) is 10.7. The monoisotopic (exact) mass is 247 g/mol. The van der Waals surface area contributed by atoms with Gasteiger partial charge in [-0.05, 0) is 30.7 Å². The summed E-state index contributed by atoms with van der Waals surface area (Å²) in [6.45, 7) is 2.04. The van der Waals surface area contributed by atoms with E-state index in [-0.39, 0.29) is 0 Å². The first kappa shape index (κ1) is 11.4. The van der Waals surface area contributed by atoms with Crippen molar-refractivity contribution in [2.45, 2.75) is 6.92 Å². The fourth-order valence-corrected chi connectivity index (χ4v) is 2.39. The first-order chi connectivity index (χ1) is 9.20. The van der Waals surface area contributed by atoms with Crippen LogP contribution in [0, 0.1) is 24.6 Å². The van der Waals surface area contributed by atoms with E-state index in [0.29, 0.717) is 5.56 Å². The number of hydrogen-bond acceptors (Lipinski definition) is 3. The fraction of sp³-hybridized carbons (Fsp3) is 0.133. The van der Waals surface area contributed by atoms with Crippen molar-refractivity contribution in [2.24, 2.45) is 7.05 Å². The van der Waals surface area contributed by atoms with Gasteiger partial charge in [-0.15, -0.1) is 0 Å². The molecule has 0 unspecified atom stereocenters. The quantitative estimate of drug-likeness (QED) is 0.664. The molecule has 0 fully saturated rings. The van der Waals surface area contributed by atoms with Crippen LogP contribution in [0.2, 0.25) is 0 Å². The molecule has 0 aliphatic rings. The van der Waals surface area contributed by atoms with Gasteiger partial charge in [-0.3, -0.25) is 0 Å². The van der Waals surface area contributed by atoms with Crippen molar-refractivity contribution in [1.29, 1.82) is 5.26 Å². The highest BCUT2D eigenvalue weighted by molar-refractivity contribution is 5.92. The zero-order chi connectivity index (χ0) is 13.4. The molecule has 4 nitrogen and oxygen atoms in total. The molecule has 0 atom stereocenters. The second kappa shape index (κ2) is 4.21. The van der Waals surface area contributed by atoms with Crippen LogP contribution >= 0.6 is 0 Å². The molecule has 91 valence electrons. The first-order valence-corrected chi connectivity index (χ1v) is 5.90. The summed E-state index contributed by atoms with van der Waals surface area (Å²) in [5, 5.41) is 10.4. The summed E-state index contributed by atoms with van der Waals surface area (Å²) in [5.74, 6) is 0. The van der Waals surface area contributed by atoms with Gasteiger partial charge in [-0.25, -0.2) is 9.97 Å². The van der Waals surface area contributed by atoms with Crippen LogP contribution < -0.4 is 0 Å². The van der Waals surface area contributed by atoms with Crippen LogP contribution in [0.5, 0.6) is 0 Å². The molecule has 0 amide bonds. The van der Waals surface area contributed by atoms with E-state index in [1.165, 1.54) is 0 Å². The first-order valence-electron chi connectivity index (χ1n) is 5.90. The van der Waals surface area contributed by atoms with Gasteiger partial charge in [-0.1, -0.05) is 0 Å². The number of aryl methyl sites for hydroxylation is 2. The maximum atomic E-state index is 9.34. The Morgan fingerprint density at radius 3 is 2.89 bits per heavy atom. The Hall–Kier alpha value is -2.67. The molecule has 0 aliphatic carbocycles. The lowest BCUT2D eigenvalue weighted by atomic mass is 10.0. The van der Waals surface area contributed by atoms with E-state index < -0.39 is 0 Å². The third-order valence-electron chi connectivity index (χ3n) is 3.23. The summed E-state index contributed by atoms with van der Waals surface area (Å²) >= 11 is 0. The molecule has 2 aromatic heterocycles. The van der Waals surface area contributed by atoms with E-state index in [4.69, 9.17) is 0 Å². The SMILES string of the molecule is Cc1cn(C)c2c(C#N)cc(-c3ccn[c]n3)cc12. The topological polar surface area (TPSA) is 54.5 Å². The second-order valence-corrected chi connectivity index (χ2v) is 4.50. The van der Waals surface area contributed by atoms with Crippen molar-refractivity contribution in [3.05, 3.63) is 48.0 Å². The molecule has 2 heterocycles. The van der Waals surface area contributed by atoms with Crippen LogP contribution in [0.4, 0.5) is 0 Å². The normalized spacial score (nSPS) is 10.6. The minimum Gasteiger partial charge on any atom is -0.349 e. The second-order valence-electron chi connectivity index (χ2n) is 4.50. The van der Waals surface area contributed by atoms with Gasteiger partial charge >= 0.3 is 0 Å². The van der Waals surface area contributed by atoms with Gasteiger partial charge in [0.1, 0.15) is 6.07 Å². The lowest BCUT2D eigenvalue weighted by Gasteiger charge is -2.04. The van der Waals surface area contributed by atoms with Crippen LogP contribution in [-0.2, 0) is 7.05 Å². The molecule has 4 heteroatoms. The average Bonchev–Trinajstić information content (AvgIpc) is 2.74. The predicted octanol–water partition coefficient (Wildman–Crippen LogP) is 2.62. The summed E-state index contributed by atoms with van der Waals surface area (Å²) in [5.41, 5.74) is 4.45. The van der Waals surface area contributed by atoms with Crippen molar-refractivity contribution in [3.63, 3.8) is 0 Å². The van der Waals surface area contributed by atoms with Gasteiger partial charge in [-0.2, -0.15) is 5.26 Å². The number of rotatable bonds is 1. The standard InChI is InChI=1S/C15H11N4/c1-10-8-19(2)15-12(7-16)5-11(6-13(10)15)14-3-4-17-9-18-14/h3-6,8H,1-2H3. The third kappa shape index (κ3) is 1.76. The molecule has 0 bridgehead atoms. The number of fused-ring (bicyclic) bond motifs is 1. The van der Waals surface area contributed by atoms with E-state index in [1.807, 2.05) is 36.9 Å². The minimum atomic E-state index is 0.654. The zero-order valence-corrected chi connectivity index (χ0v) is 10.7. The van der Waals surface area contributed by atoms with Crippen LogP contribution in [0.15, 0.2) is 30.6 Å². The Balaban J connectivity index is 2.36. The molecule has 0 spiro atoms. The highest BCUT2D eigenvalue weighted by Crippen LogP contribution is 2.29. The fourth-order valence-electron chi connectivity index (χ4n) is 2.39. The molecular formula is C15H11N4. The summed E-state index contributed by atoms with van der Waals surface area (Å²) in [4.78, 5) is 7.91. The van der Waals surface area contributed by atoms with Gasteiger partial charge in [0.25, 0.3) is 0 Å². The molecule has 0 N–H and O–H groups in total. The highest BCUT2D eigenvalue weighted by atomic mass is 14.9. The minimum absolute atomic E-state index is 0.654. The predicted molar refractivity (Wildman–Crippen MR) is 72.2 cm³/mol. The number of nitrogens with zero attached hydrogens (tertiary/aromatic N) is 4. The van der Waals surface area contributed by atoms with Crippen molar-refractivity contribution >= 4 is 10.9 Å². The van der Waals surface area contributed by atoms with Crippen LogP contribution in [0.1, 0.15) is 11.1 Å². The molecule has 1 radical (unpaired) electrons. The summed E-state index contributed by atoms with van der Waals surface area (Å²) < 4.78 is 1.99. The maximum Gasteiger partial charge on any atom is 0.198 e. The average molecular weight is 247 g/mol. The Labute approximate surface area is 111 Å². The van der Waals surface area contributed by atoms with Crippen molar-refractivity contribution in [1.82, 2.24) is 14.5 Å². The van der Waals surface area contributed by atoms with Crippen molar-refractivity contribution < 1.29 is 0 Å². The molecule has 3 rings (SSSR count). The summed E-state index contributed by atoms with van der Waals surface area (Å²) in [6.07, 6.45) is 6.26. The Kier molecular flexibility index (Phi) is 2.53. The Morgan fingerprint density at radius 2 is 2.21 bits per heavy atom. The Bertz CT molecular complexity index is 794. The van der Waals surface area contributed by atoms with Crippen LogP contribution in [0.25, 0.3) is 22.2 Å². The lowest BCUT2D eigenvalue weighted by Crippen LogP contribution is -1.91. The third-order valence-corrected chi connectivity index (χ3v) is 3.23. The van der Waals surface area contributed by atoms with E-state index >= 15 is 0 Å². The molecule has 0 saturated carbocycles. The van der Waals surface area contributed by atoms with E-state index in [1.54, 1.807) is 6.20 Å². The van der Waals surface area contributed by atoms with Crippen LogP contribution in [-0.4, -0.2) is 14.5 Å². The number of nitriles is 1. The molecule has 3 aromatic rings. The number of benzene rings is 1. The van der Waals surface area contributed by atoms with Gasteiger partial charge in [0.05, 0.1) is 16.8 Å². The largest absolute Gasteiger partial charge is 0.349 e. The molecule has 1 aromatic carbocycles. The summed E-state index contributed by atoms with van der Waals surface area (Å²) in [7, 11) is 1.95. The van der Waals surface area contributed by atoms with Crippen LogP contribution in [0.3, 0.4) is 0 Å². The van der Waals surface area contributed by atoms with Crippen molar-refractivity contribution in [3.8, 4) is 17.3 Å². The van der Waals surface area contributed by atoms with Gasteiger partial charge in [0.15, 0.2) is 6.33 Å². The van der Waals surface area contributed by atoms with Gasteiger partial charge < -0.3 is 4.57 Å². The van der Waals surface area contributed by atoms with E-state index in [0.717, 1.165) is 27.7 Å².